The standard InChI is InChI=1S/C17H25FN2O2.C17H22FNO2.C14H19FN2O4S.C13H15FO2.C11H14FNO3S.C10H10Cl2N2O3/c1-12(2)20(13(3)4)17(21)14-5-7-16(8-6-14)22-11-15(18)9-10-19;18-15(9-10-19)12-21-16-7-5-14(6-8-16)17(20)11-13-3-1-2-4-13;15-12(5-6-16)11-21-13-1-3-14(4-2-13)22(18,19)17-7-9-20-10-8-17;1-3-4-12(14)9-16-13-7-5-11(6-8-13)10(2)15;1-17(14,15)11-4-2-10(3-5-11)16-8-9(12)6-7-13;11-7(3-4-13)6-17-10-2-1-8(14(15)16)5-9(10)12/h5-9,12-13H,10-11,19H2,1-4H3;5-9,13H,1-4,10-12,19H2;1-5H,6-11,16H2;4-8H,3,9H2,1-2H3;2-6H,7-8,13H2,1H3;1-3,5H,4,6,13H2/b2*15-9+;12-5+;12-4+;9-6+;7-3-. The van der Waals surface area contributed by atoms with E-state index >= 15 is 0 Å². The van der Waals surface area contributed by atoms with Crippen molar-refractivity contribution in [1.29, 1.82) is 0 Å². The first-order valence-electron chi connectivity index (χ1n) is 36.6. The number of benzene rings is 6. The Labute approximate surface area is 680 Å². The smallest absolute Gasteiger partial charge is 0.271 e. The van der Waals surface area contributed by atoms with Crippen LogP contribution in [-0.2, 0) is 24.6 Å². The van der Waals surface area contributed by atoms with E-state index in [1.165, 1.54) is 134 Å². The summed E-state index contributed by atoms with van der Waals surface area (Å²) in [5.41, 5.74) is 27.8. The number of morpholine rings is 1. The molecule has 630 valence electrons. The molecule has 24 nitrogen and oxygen atoms in total. The average molecular weight is 1690 g/mol. The van der Waals surface area contributed by atoms with E-state index in [-0.39, 0.29) is 128 Å². The van der Waals surface area contributed by atoms with Crippen molar-refractivity contribution in [3.8, 4) is 34.5 Å². The molecule has 33 heteroatoms. The summed E-state index contributed by atoms with van der Waals surface area (Å²) in [6.07, 6.45) is 15.3. The Kier molecular flexibility index (Phi) is 47.3. The molecular formula is C82H105Cl2F5N8O16S2. The van der Waals surface area contributed by atoms with Gasteiger partial charge in [-0.15, -0.1) is 0 Å². The number of nitrogens with zero attached hydrogens (tertiary/aromatic N) is 3. The largest absolute Gasteiger partial charge is 0.487 e. The van der Waals surface area contributed by atoms with Crippen molar-refractivity contribution >= 4 is 66.2 Å². The van der Waals surface area contributed by atoms with Gasteiger partial charge >= 0.3 is 0 Å². The molecule has 6 aromatic carbocycles. The van der Waals surface area contributed by atoms with Crippen molar-refractivity contribution in [2.24, 2.45) is 34.6 Å². The van der Waals surface area contributed by atoms with Gasteiger partial charge in [0.15, 0.2) is 21.4 Å². The third kappa shape index (κ3) is 39.7. The molecule has 1 saturated carbocycles. The number of sulfone groups is 1. The number of Topliss-reactive ketones (excluding diaryl/α,β-unsaturated/α-hetero) is 2. The predicted octanol–water partition coefficient (Wildman–Crippen LogP) is 15.2. The Morgan fingerprint density at radius 1 is 0.548 bits per heavy atom. The molecule has 0 spiro atoms. The van der Waals surface area contributed by atoms with Crippen LogP contribution in [0.25, 0.3) is 0 Å². The summed E-state index contributed by atoms with van der Waals surface area (Å²) in [6.45, 7) is 12.9. The van der Waals surface area contributed by atoms with Crippen LogP contribution in [0.1, 0.15) is 111 Å². The second-order valence-electron chi connectivity index (χ2n) is 25.6. The number of halogens is 7. The predicted molar refractivity (Wildman–Crippen MR) is 439 cm³/mol. The number of carbonyl (C=O) groups excluding carboxylic acids is 3. The maximum atomic E-state index is 13.2. The highest BCUT2D eigenvalue weighted by molar-refractivity contribution is 7.90. The van der Waals surface area contributed by atoms with E-state index in [4.69, 9.17) is 85.0 Å². The number of rotatable bonds is 35. The molecular weight excluding hydrogens is 1580 g/mol. The van der Waals surface area contributed by atoms with Gasteiger partial charge in [-0.05, 0) is 205 Å². The van der Waals surface area contributed by atoms with Gasteiger partial charge in [0.25, 0.3) is 11.6 Å². The second kappa shape index (κ2) is 54.5. The van der Waals surface area contributed by atoms with Gasteiger partial charge in [-0.3, -0.25) is 24.5 Å². The molecule has 1 saturated heterocycles. The lowest BCUT2D eigenvalue weighted by Gasteiger charge is -2.30. The Bertz CT molecular complexity index is 4370. The van der Waals surface area contributed by atoms with Crippen molar-refractivity contribution in [3.63, 3.8) is 0 Å². The lowest BCUT2D eigenvalue weighted by molar-refractivity contribution is -0.384. The number of carbonyl (C=O) groups is 3. The van der Waals surface area contributed by atoms with Crippen molar-refractivity contribution < 1.29 is 91.3 Å². The Morgan fingerprint density at radius 3 is 1.26 bits per heavy atom. The molecule has 0 unspecified atom stereocenters. The van der Waals surface area contributed by atoms with Crippen molar-refractivity contribution in [2.45, 2.75) is 102 Å². The molecule has 1 amide bonds. The third-order valence-corrected chi connectivity index (χ3v) is 19.6. The highest BCUT2D eigenvalue weighted by atomic mass is 35.5. The number of ketones is 2. The zero-order chi connectivity index (χ0) is 85.5. The summed E-state index contributed by atoms with van der Waals surface area (Å²) >= 11 is 11.6. The summed E-state index contributed by atoms with van der Waals surface area (Å²) in [7, 11) is -6.74. The molecule has 0 radical (unpaired) electrons. The molecule has 1 aliphatic carbocycles. The molecule has 1 heterocycles. The molecule has 1 aliphatic heterocycles. The van der Waals surface area contributed by atoms with Gasteiger partial charge < -0.3 is 66.7 Å². The summed E-state index contributed by atoms with van der Waals surface area (Å²) in [4.78, 5) is 47.8. The average Bonchev–Trinajstić information content (AvgIpc) is 0.856. The van der Waals surface area contributed by atoms with Crippen LogP contribution in [0.5, 0.6) is 34.5 Å². The van der Waals surface area contributed by atoms with Gasteiger partial charge in [0.2, 0.25) is 10.0 Å². The van der Waals surface area contributed by atoms with Gasteiger partial charge in [0.1, 0.15) is 103 Å². The number of sulfonamides is 1. The van der Waals surface area contributed by atoms with Gasteiger partial charge in [-0.2, -0.15) is 4.31 Å². The minimum atomic E-state index is -3.52. The molecule has 0 atom stereocenters. The van der Waals surface area contributed by atoms with Crippen LogP contribution < -0.4 is 57.1 Å². The maximum Gasteiger partial charge on any atom is 0.271 e. The molecule has 115 heavy (non-hydrogen) atoms. The lowest BCUT2D eigenvalue weighted by atomic mass is 9.97. The van der Waals surface area contributed by atoms with Crippen LogP contribution in [0.3, 0.4) is 0 Å². The zero-order valence-corrected chi connectivity index (χ0v) is 68.7. The number of hydrogen-bond acceptors (Lipinski definition) is 21. The fourth-order valence-electron chi connectivity index (χ4n) is 10.3. The highest BCUT2D eigenvalue weighted by Gasteiger charge is 2.27. The number of ether oxygens (including phenoxy) is 7. The first-order chi connectivity index (χ1) is 54.7. The minimum absolute atomic E-state index is 0.00334. The molecule has 10 N–H and O–H groups in total. The van der Waals surface area contributed by atoms with Gasteiger partial charge in [-0.1, -0.05) is 61.9 Å². The van der Waals surface area contributed by atoms with E-state index in [1.54, 1.807) is 78.9 Å². The zero-order valence-electron chi connectivity index (χ0n) is 65.5. The Balaban J connectivity index is 0.000000359. The number of nitro benzene ring substituents is 1. The number of allylic oxidation sites excluding steroid dienone is 1. The molecule has 2 aliphatic rings. The van der Waals surface area contributed by atoms with E-state index in [9.17, 15) is 63.3 Å². The van der Waals surface area contributed by atoms with E-state index < -0.39 is 42.3 Å². The van der Waals surface area contributed by atoms with Crippen molar-refractivity contribution in [2.75, 3.05) is 105 Å². The number of hydrogen-bond donors (Lipinski definition) is 5. The molecule has 8 rings (SSSR count). The van der Waals surface area contributed by atoms with E-state index in [0.717, 1.165) is 6.26 Å². The van der Waals surface area contributed by atoms with Crippen LogP contribution in [0, 0.1) is 16.0 Å². The van der Waals surface area contributed by atoms with Crippen LogP contribution in [0.4, 0.5) is 27.6 Å². The summed E-state index contributed by atoms with van der Waals surface area (Å²) in [5, 5.41) is 11.1. The minimum Gasteiger partial charge on any atom is -0.487 e. The third-order valence-electron chi connectivity index (χ3n) is 16.0. The summed E-state index contributed by atoms with van der Waals surface area (Å²) in [5.74, 6) is 1.45. The second-order valence-corrected chi connectivity index (χ2v) is 30.5. The first-order valence-corrected chi connectivity index (χ1v) is 40.7. The van der Waals surface area contributed by atoms with E-state index in [1.807, 2.05) is 39.5 Å². The Morgan fingerprint density at radius 2 is 0.913 bits per heavy atom. The summed E-state index contributed by atoms with van der Waals surface area (Å²) in [6, 6.07) is 36.2. The van der Waals surface area contributed by atoms with Crippen molar-refractivity contribution in [3.05, 3.63) is 242 Å². The van der Waals surface area contributed by atoms with Crippen LogP contribution >= 0.6 is 23.2 Å². The molecule has 0 aromatic heterocycles. The Hall–Kier alpha value is -9.38. The quantitative estimate of drug-likeness (QED) is 0.0107. The van der Waals surface area contributed by atoms with Crippen molar-refractivity contribution in [1.82, 2.24) is 9.21 Å². The lowest BCUT2D eigenvalue weighted by Crippen LogP contribution is -2.42. The number of amides is 1. The normalized spacial score (nSPS) is 13.7. The van der Waals surface area contributed by atoms with Gasteiger partial charge in [0.05, 0.1) is 38.0 Å². The highest BCUT2D eigenvalue weighted by Crippen LogP contribution is 2.31. The monoisotopic (exact) mass is 1690 g/mol. The summed E-state index contributed by atoms with van der Waals surface area (Å²) < 4.78 is 150. The molecule has 2 fully saturated rings. The number of non-ortho nitro benzene ring substituents is 1. The van der Waals surface area contributed by atoms with Gasteiger partial charge in [-0.25, -0.2) is 38.8 Å². The topological polar surface area (TPSA) is 364 Å². The van der Waals surface area contributed by atoms with E-state index in [0.29, 0.717) is 108 Å². The van der Waals surface area contributed by atoms with Gasteiger partial charge in [0, 0.05) is 99.4 Å². The maximum absolute atomic E-state index is 13.2. The number of nitro groups is 1. The fraction of sp³-hybridized carbons (Fsp3) is 0.378. The number of nitrogens with two attached hydrogens (primary N) is 5. The SMILES string of the molecule is CC(C)N(C(=O)c1ccc(OC/C(F)=C\CN)cc1)C(C)C.CC/C=C(/F)COc1ccc(C(C)=O)cc1.CS(=O)(=O)c1ccc(OC/C(F)=C\CN)cc1.NC/C=C(/F)COc1ccc(C(=O)CC2CCCC2)cc1.NC/C=C(/F)COc1ccc(S(=O)(=O)N2CCOCC2)cc1.NC/C=C(\Cl)COc1ccc([N+](=O)[O-])cc1Cl. The van der Waals surface area contributed by atoms with Crippen LogP contribution in [-0.4, -0.2) is 165 Å². The van der Waals surface area contributed by atoms with Crippen LogP contribution in [0.2, 0.25) is 5.02 Å². The van der Waals surface area contributed by atoms with E-state index in [2.05, 4.69) is 0 Å². The van der Waals surface area contributed by atoms with Crippen LogP contribution in [0.15, 0.2) is 220 Å². The molecule has 0 bridgehead atoms. The molecule has 6 aromatic rings. The fourth-order valence-corrected chi connectivity index (χ4v) is 12.7. The first kappa shape index (κ1) is 99.8.